The van der Waals surface area contributed by atoms with Crippen molar-refractivity contribution < 1.29 is 46.6 Å². The zero-order valence-corrected chi connectivity index (χ0v) is 14.2. The van der Waals surface area contributed by atoms with Crippen molar-refractivity contribution in [1.29, 1.82) is 5.26 Å². The van der Waals surface area contributed by atoms with E-state index in [2.05, 4.69) is 9.47 Å². The minimum atomic E-state index is -5.24. The predicted octanol–water partition coefficient (Wildman–Crippen LogP) is 2.79. The SMILES string of the molecule is N#CC1(C(F)(F)F)c2cc3c(cc2Oc2cc4c(cc21)C(=O)OC4=O)C(=O)OC3=O. The van der Waals surface area contributed by atoms with E-state index >= 15 is 0 Å². The summed E-state index contributed by atoms with van der Waals surface area (Å²) in [6.45, 7) is 0. The number of carbonyl (C=O) groups excluding carboxylic acids is 4. The van der Waals surface area contributed by atoms with Crippen LogP contribution in [0.5, 0.6) is 11.5 Å². The van der Waals surface area contributed by atoms with Gasteiger partial charge in [0.25, 0.3) is 0 Å². The number of rotatable bonds is 0. The van der Waals surface area contributed by atoms with Crippen LogP contribution < -0.4 is 4.74 Å². The molecule has 0 atom stereocenters. The van der Waals surface area contributed by atoms with Gasteiger partial charge in [0.2, 0.25) is 5.41 Å². The van der Waals surface area contributed by atoms with E-state index in [9.17, 15) is 37.6 Å². The summed E-state index contributed by atoms with van der Waals surface area (Å²) in [5, 5.41) is 9.71. The maximum atomic E-state index is 14.4. The van der Waals surface area contributed by atoms with Crippen LogP contribution in [0.3, 0.4) is 0 Å². The number of alkyl halides is 3. The molecule has 0 amide bonds. The van der Waals surface area contributed by atoms with E-state index in [4.69, 9.17) is 4.74 Å². The zero-order valence-electron chi connectivity index (χ0n) is 14.2. The molecule has 0 bridgehead atoms. The topological polar surface area (TPSA) is 120 Å². The smallest absolute Gasteiger partial charge is 0.415 e. The third-order valence-corrected chi connectivity index (χ3v) is 5.11. The highest BCUT2D eigenvalue weighted by atomic mass is 19.4. The third kappa shape index (κ3) is 1.94. The average molecular weight is 415 g/mol. The van der Waals surface area contributed by atoms with Gasteiger partial charge in [-0.15, -0.1) is 0 Å². The molecule has 11 heteroatoms. The van der Waals surface area contributed by atoms with E-state index in [-0.39, 0.29) is 11.1 Å². The lowest BCUT2D eigenvalue weighted by Gasteiger charge is -2.36. The minimum Gasteiger partial charge on any atom is -0.457 e. The van der Waals surface area contributed by atoms with Gasteiger partial charge in [-0.1, -0.05) is 0 Å². The molecule has 0 aliphatic carbocycles. The summed E-state index contributed by atoms with van der Waals surface area (Å²) in [5.41, 5.74) is -6.44. The molecule has 0 radical (unpaired) electrons. The van der Waals surface area contributed by atoms with Gasteiger partial charge >= 0.3 is 30.1 Å². The Morgan fingerprint density at radius 3 is 1.40 bits per heavy atom. The van der Waals surface area contributed by atoms with Crippen molar-refractivity contribution in [2.75, 3.05) is 0 Å². The number of nitriles is 1. The highest BCUT2D eigenvalue weighted by molar-refractivity contribution is 6.16. The monoisotopic (exact) mass is 415 g/mol. The van der Waals surface area contributed by atoms with Crippen LogP contribution in [0.4, 0.5) is 13.2 Å². The van der Waals surface area contributed by atoms with Gasteiger partial charge in [0, 0.05) is 11.1 Å². The summed E-state index contributed by atoms with van der Waals surface area (Å²) >= 11 is 0. The van der Waals surface area contributed by atoms with Crippen LogP contribution in [-0.4, -0.2) is 30.1 Å². The van der Waals surface area contributed by atoms with Gasteiger partial charge in [0.05, 0.1) is 28.3 Å². The van der Waals surface area contributed by atoms with Crippen LogP contribution in [-0.2, 0) is 14.9 Å². The molecule has 0 unspecified atom stereocenters. The molecule has 0 saturated carbocycles. The molecular formula is C19H4F3NO7. The second-order valence-electron chi connectivity index (χ2n) is 6.60. The Morgan fingerprint density at radius 1 is 0.700 bits per heavy atom. The fourth-order valence-electron chi connectivity index (χ4n) is 3.73. The van der Waals surface area contributed by atoms with Gasteiger partial charge in [0.15, 0.2) is 0 Å². The van der Waals surface area contributed by atoms with Crippen molar-refractivity contribution in [1.82, 2.24) is 0 Å². The number of cyclic esters (lactones) is 4. The van der Waals surface area contributed by atoms with Crippen molar-refractivity contribution in [3.63, 3.8) is 0 Å². The number of fused-ring (bicyclic) bond motifs is 4. The van der Waals surface area contributed by atoms with Crippen molar-refractivity contribution in [2.24, 2.45) is 0 Å². The summed E-state index contributed by atoms with van der Waals surface area (Å²) in [6, 6.07) is 4.40. The Labute approximate surface area is 163 Å². The standard InChI is InChI=1S/C19H4F3NO7/c20-19(21,22)18(5-23)10-1-6-8(16(26)29-14(6)24)3-12(10)28-13-4-9-7(2-11(13)18)15(25)30-17(9)27/h1-4H. The van der Waals surface area contributed by atoms with E-state index in [1.165, 1.54) is 6.07 Å². The van der Waals surface area contributed by atoms with Crippen LogP contribution >= 0.6 is 0 Å². The summed E-state index contributed by atoms with van der Waals surface area (Å²) in [6.07, 6.45) is -5.24. The summed E-state index contributed by atoms with van der Waals surface area (Å²) in [4.78, 5) is 47.3. The molecule has 0 fully saturated rings. The normalized spacial score (nSPS) is 17.8. The van der Waals surface area contributed by atoms with Crippen LogP contribution in [0, 0.1) is 11.3 Å². The number of carbonyl (C=O) groups is 4. The summed E-state index contributed by atoms with van der Waals surface area (Å²) in [7, 11) is 0. The molecule has 8 nitrogen and oxygen atoms in total. The van der Waals surface area contributed by atoms with Crippen molar-refractivity contribution in [3.05, 3.63) is 57.6 Å². The van der Waals surface area contributed by atoms with Crippen molar-refractivity contribution >= 4 is 23.9 Å². The number of esters is 4. The Hall–Kier alpha value is -4.20. The lowest BCUT2D eigenvalue weighted by atomic mass is 9.71. The predicted molar refractivity (Wildman–Crippen MR) is 84.9 cm³/mol. The first kappa shape index (κ1) is 17.9. The number of benzene rings is 2. The van der Waals surface area contributed by atoms with E-state index in [1.54, 1.807) is 0 Å². The van der Waals surface area contributed by atoms with Gasteiger partial charge in [-0.2, -0.15) is 18.4 Å². The average Bonchev–Trinajstić information content (AvgIpc) is 3.10. The first-order chi connectivity index (χ1) is 14.1. The fraction of sp³-hybridized carbons (Fsp3) is 0.105. The van der Waals surface area contributed by atoms with Gasteiger partial charge in [-0.25, -0.2) is 19.2 Å². The molecule has 2 aromatic rings. The highest BCUT2D eigenvalue weighted by Gasteiger charge is 2.63. The second-order valence-corrected chi connectivity index (χ2v) is 6.60. The van der Waals surface area contributed by atoms with E-state index in [0.29, 0.717) is 12.1 Å². The number of hydrogen-bond acceptors (Lipinski definition) is 8. The van der Waals surface area contributed by atoms with Crippen LogP contribution in [0.2, 0.25) is 0 Å². The number of hydrogen-bond donors (Lipinski definition) is 0. The van der Waals surface area contributed by atoms with Gasteiger partial charge < -0.3 is 14.2 Å². The molecule has 148 valence electrons. The molecule has 0 spiro atoms. The quantitative estimate of drug-likeness (QED) is 0.476. The number of nitrogens with zero attached hydrogens (tertiary/aromatic N) is 1. The molecule has 2 aromatic carbocycles. The van der Waals surface area contributed by atoms with Crippen LogP contribution in [0.25, 0.3) is 0 Å². The van der Waals surface area contributed by atoms with Gasteiger partial charge in [0.1, 0.15) is 11.5 Å². The van der Waals surface area contributed by atoms with Gasteiger partial charge in [-0.3, -0.25) is 0 Å². The number of ether oxygens (including phenoxy) is 3. The van der Waals surface area contributed by atoms with Gasteiger partial charge in [-0.05, 0) is 24.3 Å². The molecular weight excluding hydrogens is 411 g/mol. The molecule has 0 N–H and O–H groups in total. The molecule has 5 rings (SSSR count). The first-order valence-corrected chi connectivity index (χ1v) is 8.14. The summed E-state index contributed by atoms with van der Waals surface area (Å²) in [5.74, 6) is -5.54. The van der Waals surface area contributed by atoms with Crippen LogP contribution in [0.15, 0.2) is 24.3 Å². The maximum Gasteiger partial charge on any atom is 0.415 e. The molecule has 0 saturated heterocycles. The fourth-order valence-corrected chi connectivity index (χ4v) is 3.73. The third-order valence-electron chi connectivity index (χ3n) is 5.11. The maximum absolute atomic E-state index is 14.4. The molecule has 30 heavy (non-hydrogen) atoms. The Morgan fingerprint density at radius 2 is 1.07 bits per heavy atom. The molecule has 3 aliphatic heterocycles. The molecule has 0 aromatic heterocycles. The lowest BCUT2D eigenvalue weighted by Crippen LogP contribution is -2.44. The zero-order chi connectivity index (χ0) is 21.6. The minimum absolute atomic E-state index is 0.327. The summed E-state index contributed by atoms with van der Waals surface area (Å²) < 4.78 is 57.4. The number of halogens is 3. The van der Waals surface area contributed by atoms with E-state index in [1.807, 2.05) is 0 Å². The van der Waals surface area contributed by atoms with Crippen molar-refractivity contribution in [3.8, 4) is 17.6 Å². The highest BCUT2D eigenvalue weighted by Crippen LogP contribution is 2.57. The van der Waals surface area contributed by atoms with Crippen LogP contribution in [0.1, 0.15) is 52.6 Å². The first-order valence-electron chi connectivity index (χ1n) is 8.14. The Kier molecular flexibility index (Phi) is 3.12. The Bertz CT molecular complexity index is 1220. The largest absolute Gasteiger partial charge is 0.457 e. The van der Waals surface area contributed by atoms with Crippen molar-refractivity contribution in [2.45, 2.75) is 11.6 Å². The molecule has 3 heterocycles. The second kappa shape index (κ2) is 5.24. The van der Waals surface area contributed by atoms with E-state index < -0.39 is 69.2 Å². The van der Waals surface area contributed by atoms with E-state index in [0.717, 1.165) is 12.1 Å². The molecule has 3 aliphatic rings. The Balaban J connectivity index is 1.88. The lowest BCUT2D eigenvalue weighted by molar-refractivity contribution is -0.163.